The van der Waals surface area contributed by atoms with E-state index in [-0.39, 0.29) is 11.3 Å². The van der Waals surface area contributed by atoms with E-state index in [9.17, 15) is 19.7 Å². The predicted molar refractivity (Wildman–Crippen MR) is 97.2 cm³/mol. The third-order valence-corrected chi connectivity index (χ3v) is 3.89. The Morgan fingerprint density at radius 1 is 1.08 bits per heavy atom. The molecule has 2 rings (SSSR count). The zero-order valence-electron chi connectivity index (χ0n) is 14.7. The van der Waals surface area contributed by atoms with Crippen LogP contribution in [0, 0.1) is 10.1 Å². The van der Waals surface area contributed by atoms with Gasteiger partial charge in [0.2, 0.25) is 0 Å². The second-order valence-corrected chi connectivity index (χ2v) is 5.59. The lowest BCUT2D eigenvalue weighted by atomic mass is 10.0. The van der Waals surface area contributed by atoms with Gasteiger partial charge in [-0.3, -0.25) is 14.9 Å². The van der Waals surface area contributed by atoms with Crippen LogP contribution in [0.5, 0.6) is 0 Å². The molecular formula is C19H20N2O5. The highest BCUT2D eigenvalue weighted by Gasteiger charge is 2.15. The second kappa shape index (κ2) is 8.75. The molecule has 0 aromatic heterocycles. The first-order chi connectivity index (χ1) is 12.5. The van der Waals surface area contributed by atoms with Crippen molar-refractivity contribution in [2.75, 3.05) is 11.9 Å². The molecular weight excluding hydrogens is 336 g/mol. The number of aryl methyl sites for hydroxylation is 2. The molecule has 0 radical (unpaired) electrons. The van der Waals surface area contributed by atoms with Crippen molar-refractivity contribution >= 4 is 23.3 Å². The van der Waals surface area contributed by atoms with Crippen LogP contribution >= 0.6 is 0 Å². The van der Waals surface area contributed by atoms with Gasteiger partial charge < -0.3 is 10.1 Å². The Hall–Kier alpha value is -3.22. The smallest absolute Gasteiger partial charge is 0.338 e. The number of benzene rings is 2. The van der Waals surface area contributed by atoms with E-state index in [4.69, 9.17) is 4.74 Å². The van der Waals surface area contributed by atoms with Crippen LogP contribution in [0.4, 0.5) is 11.4 Å². The molecule has 7 nitrogen and oxygen atoms in total. The molecule has 0 spiro atoms. The molecule has 1 amide bonds. The maximum absolute atomic E-state index is 12.2. The van der Waals surface area contributed by atoms with Gasteiger partial charge in [-0.15, -0.1) is 0 Å². The highest BCUT2D eigenvalue weighted by molar-refractivity contribution is 5.96. The first-order valence-electron chi connectivity index (χ1n) is 8.28. The van der Waals surface area contributed by atoms with Crippen LogP contribution in [0.1, 0.15) is 35.3 Å². The van der Waals surface area contributed by atoms with Crippen molar-refractivity contribution in [1.82, 2.24) is 0 Å². The molecule has 0 saturated heterocycles. The Labute approximate surface area is 151 Å². The molecule has 0 fully saturated rings. The average molecular weight is 356 g/mol. The topological polar surface area (TPSA) is 98.5 Å². The highest BCUT2D eigenvalue weighted by Crippen LogP contribution is 2.22. The lowest BCUT2D eigenvalue weighted by molar-refractivity contribution is -0.384. The zero-order valence-corrected chi connectivity index (χ0v) is 14.7. The summed E-state index contributed by atoms with van der Waals surface area (Å²) in [6.45, 7) is 3.52. The highest BCUT2D eigenvalue weighted by atomic mass is 16.6. The molecule has 0 aliphatic heterocycles. The Kier molecular flexibility index (Phi) is 6.43. The van der Waals surface area contributed by atoms with E-state index in [2.05, 4.69) is 5.32 Å². The Morgan fingerprint density at radius 2 is 1.69 bits per heavy atom. The first kappa shape index (κ1) is 19.1. The number of nitrogens with zero attached hydrogens (tertiary/aromatic N) is 1. The van der Waals surface area contributed by atoms with Gasteiger partial charge >= 0.3 is 5.97 Å². The molecule has 0 heterocycles. The van der Waals surface area contributed by atoms with Gasteiger partial charge in [0.05, 0.1) is 10.5 Å². The molecule has 1 N–H and O–H groups in total. The number of ether oxygens (including phenoxy) is 1. The number of hydrogen-bond acceptors (Lipinski definition) is 5. The number of nitrogens with one attached hydrogen (secondary N) is 1. The quantitative estimate of drug-likeness (QED) is 0.465. The third kappa shape index (κ3) is 4.66. The Morgan fingerprint density at radius 3 is 2.27 bits per heavy atom. The number of carbonyl (C=O) groups is 2. The summed E-state index contributed by atoms with van der Waals surface area (Å²) in [6.07, 6.45) is 1.52. The summed E-state index contributed by atoms with van der Waals surface area (Å²) in [5.74, 6) is -1.25. The number of nitro benzene ring substituents is 1. The molecule has 2 aromatic rings. The van der Waals surface area contributed by atoms with Crippen molar-refractivity contribution in [3.8, 4) is 0 Å². The number of nitro groups is 1. The SMILES string of the molecule is CCc1cccc(CC)c1NC(=O)COC(=O)c1cccc([N+](=O)[O-])c1. The minimum atomic E-state index is -0.789. The molecule has 0 atom stereocenters. The third-order valence-electron chi connectivity index (χ3n) is 3.89. The summed E-state index contributed by atoms with van der Waals surface area (Å²) in [5, 5.41) is 13.5. The van der Waals surface area contributed by atoms with Crippen LogP contribution in [-0.2, 0) is 22.4 Å². The average Bonchev–Trinajstić information content (AvgIpc) is 2.66. The van der Waals surface area contributed by atoms with E-state index in [1.165, 1.54) is 18.2 Å². The molecule has 0 aliphatic rings. The number of esters is 1. The number of hydrogen-bond donors (Lipinski definition) is 1. The van der Waals surface area contributed by atoms with Gasteiger partial charge in [0.1, 0.15) is 0 Å². The molecule has 26 heavy (non-hydrogen) atoms. The summed E-state index contributed by atoms with van der Waals surface area (Å²) in [5.41, 5.74) is 2.56. The van der Waals surface area contributed by atoms with Gasteiger partial charge in [-0.2, -0.15) is 0 Å². The van der Waals surface area contributed by atoms with Crippen molar-refractivity contribution in [2.45, 2.75) is 26.7 Å². The summed E-state index contributed by atoms with van der Waals surface area (Å²) < 4.78 is 4.97. The normalized spacial score (nSPS) is 10.2. The van der Waals surface area contributed by atoms with Gasteiger partial charge in [-0.25, -0.2) is 4.79 Å². The van der Waals surface area contributed by atoms with Crippen molar-refractivity contribution in [3.63, 3.8) is 0 Å². The lowest BCUT2D eigenvalue weighted by Gasteiger charge is -2.14. The predicted octanol–water partition coefficient (Wildman–Crippen LogP) is 3.52. The van der Waals surface area contributed by atoms with E-state index in [0.717, 1.165) is 35.7 Å². The van der Waals surface area contributed by atoms with Crippen molar-refractivity contribution in [1.29, 1.82) is 0 Å². The first-order valence-corrected chi connectivity index (χ1v) is 8.28. The molecule has 0 aliphatic carbocycles. The maximum Gasteiger partial charge on any atom is 0.338 e. The van der Waals surface area contributed by atoms with Gasteiger partial charge in [-0.05, 0) is 30.0 Å². The van der Waals surface area contributed by atoms with Crippen LogP contribution in [0.2, 0.25) is 0 Å². The van der Waals surface area contributed by atoms with Crippen molar-refractivity contribution < 1.29 is 19.2 Å². The fourth-order valence-electron chi connectivity index (χ4n) is 2.54. The lowest BCUT2D eigenvalue weighted by Crippen LogP contribution is -2.22. The molecule has 7 heteroatoms. The summed E-state index contributed by atoms with van der Waals surface area (Å²) >= 11 is 0. The standard InChI is InChI=1S/C19H20N2O5/c1-3-13-7-5-8-14(4-2)18(13)20-17(22)12-26-19(23)15-9-6-10-16(11-15)21(24)25/h5-11H,3-4,12H2,1-2H3,(H,20,22). The maximum atomic E-state index is 12.2. The Balaban J connectivity index is 2.02. The van der Waals surface area contributed by atoms with Crippen LogP contribution in [0.15, 0.2) is 42.5 Å². The summed E-state index contributed by atoms with van der Waals surface area (Å²) in [4.78, 5) is 34.3. The van der Waals surface area contributed by atoms with Crippen LogP contribution < -0.4 is 5.32 Å². The number of carbonyl (C=O) groups excluding carboxylic acids is 2. The van der Waals surface area contributed by atoms with Crippen LogP contribution in [0.3, 0.4) is 0 Å². The summed E-state index contributed by atoms with van der Waals surface area (Å²) in [7, 11) is 0. The van der Waals surface area contributed by atoms with E-state index in [1.807, 2.05) is 32.0 Å². The number of anilines is 1. The molecule has 0 bridgehead atoms. The molecule has 2 aromatic carbocycles. The van der Waals surface area contributed by atoms with E-state index >= 15 is 0 Å². The minimum absolute atomic E-state index is 0.0233. The minimum Gasteiger partial charge on any atom is -0.452 e. The van der Waals surface area contributed by atoms with Crippen LogP contribution in [-0.4, -0.2) is 23.4 Å². The van der Waals surface area contributed by atoms with Gasteiger partial charge in [0.25, 0.3) is 11.6 Å². The number of non-ortho nitro benzene ring substituents is 1. The van der Waals surface area contributed by atoms with E-state index in [1.54, 1.807) is 0 Å². The van der Waals surface area contributed by atoms with Crippen LogP contribution in [0.25, 0.3) is 0 Å². The van der Waals surface area contributed by atoms with Crippen molar-refractivity contribution in [3.05, 3.63) is 69.3 Å². The van der Waals surface area contributed by atoms with Gasteiger partial charge in [-0.1, -0.05) is 38.1 Å². The zero-order chi connectivity index (χ0) is 19.1. The monoisotopic (exact) mass is 356 g/mol. The number of para-hydroxylation sites is 1. The largest absolute Gasteiger partial charge is 0.452 e. The molecule has 0 unspecified atom stereocenters. The fraction of sp³-hybridized carbons (Fsp3) is 0.263. The number of amides is 1. The van der Waals surface area contributed by atoms with Crippen molar-refractivity contribution in [2.24, 2.45) is 0 Å². The van der Waals surface area contributed by atoms with Gasteiger partial charge in [0, 0.05) is 17.8 Å². The molecule has 136 valence electrons. The molecule has 0 saturated carbocycles. The number of rotatable bonds is 7. The summed E-state index contributed by atoms with van der Waals surface area (Å²) in [6, 6.07) is 11.0. The van der Waals surface area contributed by atoms with Gasteiger partial charge in [0.15, 0.2) is 6.61 Å². The van der Waals surface area contributed by atoms with E-state index in [0.29, 0.717) is 0 Å². The van der Waals surface area contributed by atoms with E-state index < -0.39 is 23.4 Å². The Bertz CT molecular complexity index is 810. The second-order valence-electron chi connectivity index (χ2n) is 5.59. The fourth-order valence-corrected chi connectivity index (χ4v) is 2.54.